The maximum Gasteiger partial charge on any atom is 0.317 e. The molecule has 2 heterocycles. The van der Waals surface area contributed by atoms with Crippen LogP contribution in [0.5, 0.6) is 0 Å². The van der Waals surface area contributed by atoms with Crippen LogP contribution in [-0.2, 0) is 7.05 Å². The topological polar surface area (TPSA) is 66.3 Å². The summed E-state index contributed by atoms with van der Waals surface area (Å²) in [6.45, 7) is 2.30. The van der Waals surface area contributed by atoms with Crippen molar-refractivity contribution in [2.45, 2.75) is 50.0 Å². The minimum absolute atomic E-state index is 0.0648. The zero-order chi connectivity index (χ0) is 17.2. The molecule has 1 aromatic rings. The Bertz CT molecular complexity index is 563. The number of rotatable bonds is 4. The van der Waals surface area contributed by atoms with E-state index in [2.05, 4.69) is 34.5 Å². The van der Waals surface area contributed by atoms with E-state index in [9.17, 15) is 4.79 Å². The lowest BCUT2D eigenvalue weighted by Gasteiger charge is -2.38. The Labute approximate surface area is 144 Å². The third kappa shape index (κ3) is 3.41. The SMILES string of the molecule is CN(C)C1(CNC(=O)N2CCCC(c3nncn3C)C2)CCCC1. The van der Waals surface area contributed by atoms with Crippen LogP contribution in [0.2, 0.25) is 0 Å². The molecule has 1 aromatic heterocycles. The fraction of sp³-hybridized carbons (Fsp3) is 0.824. The van der Waals surface area contributed by atoms with Crippen molar-refractivity contribution in [2.75, 3.05) is 33.7 Å². The first-order valence-electron chi connectivity index (χ1n) is 9.06. The molecule has 3 rings (SSSR count). The Kier molecular flexibility index (Phi) is 5.08. The monoisotopic (exact) mass is 334 g/mol. The molecular formula is C17H30N6O. The molecule has 7 nitrogen and oxygen atoms in total. The summed E-state index contributed by atoms with van der Waals surface area (Å²) in [6.07, 6.45) is 8.67. The molecule has 0 radical (unpaired) electrons. The molecule has 1 atom stereocenters. The number of likely N-dealkylation sites (N-methyl/N-ethyl adjacent to an activating group) is 1. The summed E-state index contributed by atoms with van der Waals surface area (Å²) in [4.78, 5) is 16.9. The van der Waals surface area contributed by atoms with Crippen LogP contribution in [-0.4, -0.2) is 69.9 Å². The minimum Gasteiger partial charge on any atom is -0.336 e. The largest absolute Gasteiger partial charge is 0.336 e. The Balaban J connectivity index is 1.58. The Morgan fingerprint density at radius 3 is 2.75 bits per heavy atom. The highest BCUT2D eigenvalue weighted by atomic mass is 16.2. The van der Waals surface area contributed by atoms with Gasteiger partial charge in [0.2, 0.25) is 0 Å². The number of aromatic nitrogens is 3. The summed E-state index contributed by atoms with van der Waals surface area (Å²) in [5, 5.41) is 11.4. The molecule has 2 aliphatic rings. The Hall–Kier alpha value is -1.63. The van der Waals surface area contributed by atoms with Gasteiger partial charge in [0.1, 0.15) is 12.2 Å². The molecule has 0 aromatic carbocycles. The van der Waals surface area contributed by atoms with Crippen LogP contribution in [0, 0.1) is 0 Å². The third-order valence-corrected chi connectivity index (χ3v) is 5.87. The van der Waals surface area contributed by atoms with Crippen molar-refractivity contribution in [3.63, 3.8) is 0 Å². The standard InChI is InChI=1S/C17H30N6O/c1-21(2)17(8-4-5-9-17)12-18-16(24)23-10-6-7-14(11-23)15-20-19-13-22(15)3/h13-14H,4-12H2,1-3H3,(H,18,24). The van der Waals surface area contributed by atoms with E-state index >= 15 is 0 Å². The van der Waals surface area contributed by atoms with Crippen molar-refractivity contribution >= 4 is 6.03 Å². The van der Waals surface area contributed by atoms with Crippen molar-refractivity contribution in [3.05, 3.63) is 12.2 Å². The van der Waals surface area contributed by atoms with Crippen molar-refractivity contribution in [1.29, 1.82) is 0 Å². The van der Waals surface area contributed by atoms with E-state index in [4.69, 9.17) is 0 Å². The zero-order valence-corrected chi connectivity index (χ0v) is 15.2. The second-order valence-electron chi connectivity index (χ2n) is 7.57. The molecule has 24 heavy (non-hydrogen) atoms. The lowest BCUT2D eigenvalue weighted by Crippen LogP contribution is -2.54. The molecule has 0 spiro atoms. The highest BCUT2D eigenvalue weighted by Crippen LogP contribution is 2.33. The van der Waals surface area contributed by atoms with E-state index < -0.39 is 0 Å². The van der Waals surface area contributed by atoms with Gasteiger partial charge in [0.05, 0.1) is 0 Å². The first kappa shape index (κ1) is 17.2. The van der Waals surface area contributed by atoms with Crippen LogP contribution in [0.15, 0.2) is 6.33 Å². The van der Waals surface area contributed by atoms with Gasteiger partial charge in [0, 0.05) is 38.1 Å². The van der Waals surface area contributed by atoms with Crippen LogP contribution in [0.25, 0.3) is 0 Å². The number of hydrogen-bond acceptors (Lipinski definition) is 4. The maximum absolute atomic E-state index is 12.7. The zero-order valence-electron chi connectivity index (χ0n) is 15.2. The molecule has 1 aliphatic carbocycles. The van der Waals surface area contributed by atoms with Gasteiger partial charge >= 0.3 is 6.03 Å². The first-order valence-corrected chi connectivity index (χ1v) is 9.06. The second-order valence-corrected chi connectivity index (χ2v) is 7.57. The first-order chi connectivity index (χ1) is 11.5. The number of carbonyl (C=O) groups is 1. The number of likely N-dealkylation sites (tertiary alicyclic amines) is 1. The van der Waals surface area contributed by atoms with Crippen LogP contribution in [0.4, 0.5) is 4.79 Å². The van der Waals surface area contributed by atoms with E-state index in [1.807, 2.05) is 16.5 Å². The van der Waals surface area contributed by atoms with Crippen LogP contribution in [0.1, 0.15) is 50.3 Å². The summed E-state index contributed by atoms with van der Waals surface area (Å²) in [5.41, 5.74) is 0.133. The number of urea groups is 1. The van der Waals surface area contributed by atoms with E-state index in [0.717, 1.165) is 38.3 Å². The van der Waals surface area contributed by atoms with Crippen molar-refractivity contribution < 1.29 is 4.79 Å². The Morgan fingerprint density at radius 1 is 1.38 bits per heavy atom. The molecule has 0 bridgehead atoms. The van der Waals surface area contributed by atoms with Crippen molar-refractivity contribution in [3.8, 4) is 0 Å². The smallest absolute Gasteiger partial charge is 0.317 e. The van der Waals surface area contributed by atoms with E-state index in [1.165, 1.54) is 25.7 Å². The fourth-order valence-electron chi connectivity index (χ4n) is 4.20. The average molecular weight is 334 g/mol. The van der Waals surface area contributed by atoms with Gasteiger partial charge in [-0.2, -0.15) is 0 Å². The number of piperidine rings is 1. The highest BCUT2D eigenvalue weighted by Gasteiger charge is 2.37. The predicted molar refractivity (Wildman–Crippen MR) is 92.8 cm³/mol. The lowest BCUT2D eigenvalue weighted by atomic mass is 9.95. The molecule has 1 unspecified atom stereocenters. The molecular weight excluding hydrogens is 304 g/mol. The molecule has 2 amide bonds. The normalized spacial score (nSPS) is 23.7. The van der Waals surface area contributed by atoms with Crippen LogP contribution >= 0.6 is 0 Å². The lowest BCUT2D eigenvalue weighted by molar-refractivity contribution is 0.141. The van der Waals surface area contributed by atoms with Gasteiger partial charge in [-0.15, -0.1) is 10.2 Å². The van der Waals surface area contributed by atoms with E-state index in [-0.39, 0.29) is 17.5 Å². The van der Waals surface area contributed by atoms with Crippen molar-refractivity contribution in [2.24, 2.45) is 7.05 Å². The summed E-state index contributed by atoms with van der Waals surface area (Å²) in [7, 11) is 6.22. The fourth-order valence-corrected chi connectivity index (χ4v) is 4.20. The summed E-state index contributed by atoms with van der Waals surface area (Å²) >= 11 is 0. The highest BCUT2D eigenvalue weighted by molar-refractivity contribution is 5.74. The van der Waals surface area contributed by atoms with E-state index in [0.29, 0.717) is 0 Å². The van der Waals surface area contributed by atoms with Gasteiger partial charge < -0.3 is 19.7 Å². The average Bonchev–Trinajstić information content (AvgIpc) is 3.22. The van der Waals surface area contributed by atoms with Crippen LogP contribution < -0.4 is 5.32 Å². The number of amides is 2. The summed E-state index contributed by atoms with van der Waals surface area (Å²) in [6, 6.07) is 0.0648. The second kappa shape index (κ2) is 7.09. The Morgan fingerprint density at radius 2 is 2.12 bits per heavy atom. The molecule has 134 valence electrons. The van der Waals surface area contributed by atoms with Gasteiger partial charge in [0.15, 0.2) is 0 Å². The number of aryl methyl sites for hydroxylation is 1. The molecule has 1 aliphatic heterocycles. The molecule has 7 heteroatoms. The number of carbonyl (C=O) groups excluding carboxylic acids is 1. The number of nitrogens with zero attached hydrogens (tertiary/aromatic N) is 5. The van der Waals surface area contributed by atoms with Crippen LogP contribution in [0.3, 0.4) is 0 Å². The molecule has 1 saturated carbocycles. The minimum atomic E-state index is 0.0648. The van der Waals surface area contributed by atoms with Crippen molar-refractivity contribution in [1.82, 2.24) is 29.9 Å². The van der Waals surface area contributed by atoms with Gasteiger partial charge in [-0.25, -0.2) is 4.79 Å². The predicted octanol–water partition coefficient (Wildman–Crippen LogP) is 1.58. The summed E-state index contributed by atoms with van der Waals surface area (Å²) < 4.78 is 1.96. The van der Waals surface area contributed by atoms with Gasteiger partial charge in [0.25, 0.3) is 0 Å². The number of nitrogens with one attached hydrogen (secondary N) is 1. The van der Waals surface area contributed by atoms with Gasteiger partial charge in [-0.1, -0.05) is 12.8 Å². The van der Waals surface area contributed by atoms with Gasteiger partial charge in [-0.3, -0.25) is 0 Å². The number of hydrogen-bond donors (Lipinski definition) is 1. The third-order valence-electron chi connectivity index (χ3n) is 5.87. The maximum atomic E-state index is 12.7. The molecule has 1 N–H and O–H groups in total. The van der Waals surface area contributed by atoms with Gasteiger partial charge in [-0.05, 0) is 39.8 Å². The summed E-state index contributed by atoms with van der Waals surface area (Å²) in [5.74, 6) is 1.26. The van der Waals surface area contributed by atoms with E-state index in [1.54, 1.807) is 6.33 Å². The molecule has 1 saturated heterocycles. The molecule has 2 fully saturated rings. The quantitative estimate of drug-likeness (QED) is 0.908.